The lowest BCUT2D eigenvalue weighted by atomic mass is 10.1. The molecule has 23 heavy (non-hydrogen) atoms. The van der Waals surface area contributed by atoms with Gasteiger partial charge in [0, 0.05) is 23.8 Å². The fourth-order valence-corrected chi connectivity index (χ4v) is 2.13. The lowest BCUT2D eigenvalue weighted by Gasteiger charge is -2.15. The number of hydrogen-bond acceptors (Lipinski definition) is 6. The van der Waals surface area contributed by atoms with Crippen molar-refractivity contribution in [2.24, 2.45) is 0 Å². The zero-order valence-electron chi connectivity index (χ0n) is 12.6. The SMILES string of the molecule is CCC(C(=O)OC)n1nc(-c2ccc([N+](=O)[O-])cc2)ccc1=O. The van der Waals surface area contributed by atoms with Crippen LogP contribution in [0, 0.1) is 10.1 Å². The third-order valence-corrected chi connectivity index (χ3v) is 3.35. The number of methoxy groups -OCH3 is 1. The third kappa shape index (κ3) is 3.42. The molecule has 0 aliphatic heterocycles. The quantitative estimate of drug-likeness (QED) is 0.474. The molecule has 0 spiro atoms. The molecular formula is C15H15N3O5. The standard InChI is InChI=1S/C15H15N3O5/c1-3-13(15(20)23-2)17-14(19)9-8-12(16-17)10-4-6-11(7-5-10)18(21)22/h4-9,13H,3H2,1-2H3. The molecule has 0 radical (unpaired) electrons. The highest BCUT2D eigenvalue weighted by Crippen LogP contribution is 2.20. The molecule has 1 aromatic heterocycles. The second-order valence-electron chi connectivity index (χ2n) is 4.75. The van der Waals surface area contributed by atoms with Crippen LogP contribution >= 0.6 is 0 Å². The smallest absolute Gasteiger partial charge is 0.330 e. The van der Waals surface area contributed by atoms with Crippen molar-refractivity contribution < 1.29 is 14.5 Å². The van der Waals surface area contributed by atoms with E-state index in [4.69, 9.17) is 0 Å². The Bertz CT molecular complexity index is 782. The minimum atomic E-state index is -0.814. The molecule has 2 rings (SSSR count). The van der Waals surface area contributed by atoms with Gasteiger partial charge in [0.05, 0.1) is 17.7 Å². The minimum absolute atomic E-state index is 0.0388. The summed E-state index contributed by atoms with van der Waals surface area (Å²) in [5.74, 6) is -0.553. The first kappa shape index (κ1) is 16.3. The summed E-state index contributed by atoms with van der Waals surface area (Å²) < 4.78 is 5.76. The van der Waals surface area contributed by atoms with E-state index in [-0.39, 0.29) is 5.69 Å². The van der Waals surface area contributed by atoms with E-state index < -0.39 is 22.5 Å². The largest absolute Gasteiger partial charge is 0.467 e. The molecule has 8 heteroatoms. The molecule has 0 bridgehead atoms. The van der Waals surface area contributed by atoms with Gasteiger partial charge in [-0.05, 0) is 24.6 Å². The second kappa shape index (κ2) is 6.82. The van der Waals surface area contributed by atoms with Crippen molar-refractivity contribution in [2.45, 2.75) is 19.4 Å². The predicted molar refractivity (Wildman–Crippen MR) is 81.9 cm³/mol. The Labute approximate surface area is 131 Å². The van der Waals surface area contributed by atoms with Crippen LogP contribution in [0.2, 0.25) is 0 Å². The molecule has 0 aliphatic rings. The summed E-state index contributed by atoms with van der Waals surface area (Å²) in [4.78, 5) is 33.9. The summed E-state index contributed by atoms with van der Waals surface area (Å²) in [7, 11) is 1.25. The fraction of sp³-hybridized carbons (Fsp3) is 0.267. The van der Waals surface area contributed by atoms with Gasteiger partial charge < -0.3 is 4.74 Å². The number of aromatic nitrogens is 2. The molecule has 1 aromatic carbocycles. The molecule has 8 nitrogen and oxygen atoms in total. The van der Waals surface area contributed by atoms with Gasteiger partial charge in [0.1, 0.15) is 0 Å². The van der Waals surface area contributed by atoms with E-state index in [1.807, 2.05) is 0 Å². The average molecular weight is 317 g/mol. The number of rotatable bonds is 5. The van der Waals surface area contributed by atoms with E-state index in [2.05, 4.69) is 9.84 Å². The molecule has 0 aliphatic carbocycles. The molecule has 0 saturated heterocycles. The number of hydrogen-bond donors (Lipinski definition) is 0. The highest BCUT2D eigenvalue weighted by molar-refractivity contribution is 5.74. The monoisotopic (exact) mass is 317 g/mol. The lowest BCUT2D eigenvalue weighted by Crippen LogP contribution is -2.32. The number of nitro groups is 1. The highest BCUT2D eigenvalue weighted by atomic mass is 16.6. The van der Waals surface area contributed by atoms with Gasteiger partial charge in [-0.25, -0.2) is 9.48 Å². The van der Waals surface area contributed by atoms with Crippen LogP contribution in [-0.2, 0) is 9.53 Å². The zero-order valence-corrected chi connectivity index (χ0v) is 12.6. The number of esters is 1. The van der Waals surface area contributed by atoms with Crippen LogP contribution < -0.4 is 5.56 Å². The summed E-state index contributed by atoms with van der Waals surface area (Å²) in [6.45, 7) is 1.74. The molecule has 1 atom stereocenters. The van der Waals surface area contributed by atoms with Gasteiger partial charge >= 0.3 is 5.97 Å². The van der Waals surface area contributed by atoms with Gasteiger partial charge in [0.25, 0.3) is 11.2 Å². The summed E-state index contributed by atoms with van der Waals surface area (Å²) in [5, 5.41) is 14.9. The van der Waals surface area contributed by atoms with Gasteiger partial charge in [0.2, 0.25) is 0 Å². The van der Waals surface area contributed by atoms with Crippen LogP contribution in [0.25, 0.3) is 11.3 Å². The van der Waals surface area contributed by atoms with Crippen molar-refractivity contribution in [1.82, 2.24) is 9.78 Å². The Morgan fingerprint density at radius 2 is 1.96 bits per heavy atom. The fourth-order valence-electron chi connectivity index (χ4n) is 2.13. The van der Waals surface area contributed by atoms with E-state index in [1.54, 1.807) is 6.92 Å². The van der Waals surface area contributed by atoms with Crippen molar-refractivity contribution >= 4 is 11.7 Å². The van der Waals surface area contributed by atoms with E-state index in [0.717, 1.165) is 4.68 Å². The van der Waals surface area contributed by atoms with Crippen molar-refractivity contribution in [3.63, 3.8) is 0 Å². The Morgan fingerprint density at radius 1 is 1.30 bits per heavy atom. The maximum absolute atomic E-state index is 12.0. The first-order valence-electron chi connectivity index (χ1n) is 6.90. The Morgan fingerprint density at radius 3 is 2.48 bits per heavy atom. The molecule has 1 heterocycles. The topological polar surface area (TPSA) is 104 Å². The third-order valence-electron chi connectivity index (χ3n) is 3.35. The van der Waals surface area contributed by atoms with Crippen LogP contribution in [0.3, 0.4) is 0 Å². The number of non-ortho nitro benzene ring substituents is 1. The molecule has 120 valence electrons. The van der Waals surface area contributed by atoms with Crippen LogP contribution in [-0.4, -0.2) is 27.8 Å². The van der Waals surface area contributed by atoms with Crippen molar-refractivity contribution in [3.8, 4) is 11.3 Å². The van der Waals surface area contributed by atoms with E-state index in [0.29, 0.717) is 17.7 Å². The van der Waals surface area contributed by atoms with E-state index in [1.165, 1.54) is 43.5 Å². The Kier molecular flexibility index (Phi) is 4.85. The number of nitrogens with zero attached hydrogens (tertiary/aromatic N) is 3. The van der Waals surface area contributed by atoms with Gasteiger partial charge in [-0.1, -0.05) is 6.92 Å². The second-order valence-corrected chi connectivity index (χ2v) is 4.75. The molecule has 0 saturated carbocycles. The summed E-state index contributed by atoms with van der Waals surface area (Å²) in [6.07, 6.45) is 0.350. The van der Waals surface area contributed by atoms with E-state index in [9.17, 15) is 19.7 Å². The van der Waals surface area contributed by atoms with Crippen molar-refractivity contribution in [3.05, 3.63) is 56.9 Å². The normalized spacial score (nSPS) is 11.7. The maximum atomic E-state index is 12.0. The number of nitro benzene ring substituents is 1. The summed E-state index contributed by atoms with van der Waals surface area (Å²) in [5.41, 5.74) is 0.571. The van der Waals surface area contributed by atoms with Gasteiger partial charge in [0.15, 0.2) is 6.04 Å². The molecular weight excluding hydrogens is 302 g/mol. The van der Waals surface area contributed by atoms with Gasteiger partial charge in [-0.3, -0.25) is 14.9 Å². The molecule has 0 amide bonds. The van der Waals surface area contributed by atoms with Crippen LogP contribution in [0.4, 0.5) is 5.69 Å². The lowest BCUT2D eigenvalue weighted by molar-refractivity contribution is -0.384. The summed E-state index contributed by atoms with van der Waals surface area (Å²) >= 11 is 0. The number of carbonyl (C=O) groups excluding carboxylic acids is 1. The highest BCUT2D eigenvalue weighted by Gasteiger charge is 2.21. The van der Waals surface area contributed by atoms with Gasteiger partial charge in [-0.15, -0.1) is 0 Å². The van der Waals surface area contributed by atoms with Gasteiger partial charge in [-0.2, -0.15) is 5.10 Å². The maximum Gasteiger partial charge on any atom is 0.330 e. The predicted octanol–water partition coefficient (Wildman–Crippen LogP) is 1.94. The zero-order chi connectivity index (χ0) is 17.0. The number of carbonyl (C=O) groups is 1. The number of benzene rings is 1. The molecule has 0 fully saturated rings. The van der Waals surface area contributed by atoms with E-state index >= 15 is 0 Å². The first-order valence-corrected chi connectivity index (χ1v) is 6.90. The average Bonchev–Trinajstić information content (AvgIpc) is 2.57. The van der Waals surface area contributed by atoms with Crippen LogP contribution in [0.1, 0.15) is 19.4 Å². The molecule has 2 aromatic rings. The van der Waals surface area contributed by atoms with Crippen LogP contribution in [0.5, 0.6) is 0 Å². The Hall–Kier alpha value is -3.03. The van der Waals surface area contributed by atoms with Crippen molar-refractivity contribution in [2.75, 3.05) is 7.11 Å². The number of ether oxygens (including phenoxy) is 1. The Balaban J connectivity index is 2.45. The summed E-state index contributed by atoms with van der Waals surface area (Å²) in [6, 6.07) is 7.77. The minimum Gasteiger partial charge on any atom is -0.467 e. The van der Waals surface area contributed by atoms with Crippen molar-refractivity contribution in [1.29, 1.82) is 0 Å². The molecule has 0 N–H and O–H groups in total. The molecule has 1 unspecified atom stereocenters. The first-order chi connectivity index (χ1) is 11.0. The van der Waals surface area contributed by atoms with Crippen LogP contribution in [0.15, 0.2) is 41.2 Å².